The number of carbonyl (C=O) groups is 1. The van der Waals surface area contributed by atoms with Gasteiger partial charge in [-0.25, -0.2) is 0 Å². The topological polar surface area (TPSA) is 35.5 Å². The highest BCUT2D eigenvalue weighted by Crippen LogP contribution is 2.39. The fourth-order valence-electron chi connectivity index (χ4n) is 2.84. The van der Waals surface area contributed by atoms with Crippen LogP contribution in [0.3, 0.4) is 0 Å². The molecule has 1 saturated carbocycles. The van der Waals surface area contributed by atoms with Gasteiger partial charge in [0.15, 0.2) is 0 Å². The first-order valence-electron chi connectivity index (χ1n) is 7.16. The van der Waals surface area contributed by atoms with E-state index in [1.807, 2.05) is 6.92 Å². The molecule has 0 saturated heterocycles. The Morgan fingerprint density at radius 2 is 1.94 bits per heavy atom. The number of hydrogen-bond acceptors (Lipinski definition) is 3. The molecule has 0 aromatic rings. The summed E-state index contributed by atoms with van der Waals surface area (Å²) in [4.78, 5) is 10.2. The lowest BCUT2D eigenvalue weighted by Gasteiger charge is -2.40. The lowest BCUT2D eigenvalue weighted by Crippen LogP contribution is -2.37. The fraction of sp³-hybridized carbons (Fsp3) is 0.933. The Hall–Kier alpha value is -0.570. The van der Waals surface area contributed by atoms with Gasteiger partial charge in [-0.1, -0.05) is 33.6 Å². The lowest BCUT2D eigenvalue weighted by atomic mass is 9.71. The maximum absolute atomic E-state index is 10.2. The van der Waals surface area contributed by atoms with Crippen molar-refractivity contribution < 1.29 is 14.3 Å². The molecule has 1 rings (SSSR count). The summed E-state index contributed by atoms with van der Waals surface area (Å²) in [6, 6.07) is 0. The molecule has 0 amide bonds. The molecule has 0 aliphatic heterocycles. The van der Waals surface area contributed by atoms with Crippen molar-refractivity contribution in [3.63, 3.8) is 0 Å². The average Bonchev–Trinajstić information content (AvgIpc) is 2.28. The molecule has 18 heavy (non-hydrogen) atoms. The van der Waals surface area contributed by atoms with Crippen molar-refractivity contribution in [1.29, 1.82) is 0 Å². The van der Waals surface area contributed by atoms with Crippen LogP contribution in [-0.4, -0.2) is 25.3 Å². The molecule has 0 heterocycles. The molecule has 0 aromatic carbocycles. The van der Waals surface area contributed by atoms with Gasteiger partial charge in [0, 0.05) is 6.42 Å². The van der Waals surface area contributed by atoms with Gasteiger partial charge in [-0.15, -0.1) is 0 Å². The molecule has 0 radical (unpaired) electrons. The Kier molecular flexibility index (Phi) is 6.13. The van der Waals surface area contributed by atoms with Crippen LogP contribution in [0.5, 0.6) is 0 Å². The van der Waals surface area contributed by atoms with Crippen LogP contribution in [0.25, 0.3) is 0 Å². The van der Waals surface area contributed by atoms with Gasteiger partial charge in [0.1, 0.15) is 6.10 Å². The van der Waals surface area contributed by atoms with E-state index in [0.29, 0.717) is 30.5 Å². The lowest BCUT2D eigenvalue weighted by molar-refractivity contribution is -0.134. The average molecular weight is 256 g/mol. The Labute approximate surface area is 111 Å². The molecule has 3 nitrogen and oxygen atoms in total. The Morgan fingerprint density at radius 1 is 1.28 bits per heavy atom. The van der Waals surface area contributed by atoms with E-state index >= 15 is 0 Å². The largest absolute Gasteiger partial charge is 0.465 e. The fourth-order valence-corrected chi connectivity index (χ4v) is 2.84. The summed E-state index contributed by atoms with van der Waals surface area (Å²) in [5, 5.41) is 0. The highest BCUT2D eigenvalue weighted by Gasteiger charge is 2.34. The first-order valence-corrected chi connectivity index (χ1v) is 7.16. The second kappa shape index (κ2) is 7.13. The van der Waals surface area contributed by atoms with Crippen LogP contribution in [0.1, 0.15) is 59.8 Å². The maximum atomic E-state index is 10.2. The van der Waals surface area contributed by atoms with Crippen LogP contribution in [-0.2, 0) is 14.3 Å². The number of hydrogen-bond donors (Lipinski definition) is 0. The number of rotatable bonds is 6. The smallest absolute Gasteiger partial charge is 0.293 e. The first-order chi connectivity index (χ1) is 8.45. The molecule has 3 atom stereocenters. The van der Waals surface area contributed by atoms with E-state index in [-0.39, 0.29) is 6.10 Å². The minimum Gasteiger partial charge on any atom is -0.465 e. The molecular weight excluding hydrogens is 228 g/mol. The summed E-state index contributed by atoms with van der Waals surface area (Å²) < 4.78 is 10.9. The highest BCUT2D eigenvalue weighted by molar-refractivity contribution is 5.37. The van der Waals surface area contributed by atoms with Gasteiger partial charge in [-0.3, -0.25) is 4.79 Å². The van der Waals surface area contributed by atoms with Gasteiger partial charge in [0.25, 0.3) is 6.47 Å². The molecule has 1 fully saturated rings. The van der Waals surface area contributed by atoms with Gasteiger partial charge in [0.05, 0.1) is 12.7 Å². The second-order valence-electron chi connectivity index (χ2n) is 6.50. The van der Waals surface area contributed by atoms with Crippen molar-refractivity contribution in [1.82, 2.24) is 0 Å². The van der Waals surface area contributed by atoms with Crippen molar-refractivity contribution in [3.05, 3.63) is 0 Å². The molecule has 3 unspecified atom stereocenters. The number of carbonyl (C=O) groups excluding carboxylic acids is 1. The summed E-state index contributed by atoms with van der Waals surface area (Å²) in [7, 11) is 0. The number of ether oxygens (including phenoxy) is 2. The summed E-state index contributed by atoms with van der Waals surface area (Å²) in [6.45, 7) is 10.0. The van der Waals surface area contributed by atoms with Crippen molar-refractivity contribution >= 4 is 6.47 Å². The van der Waals surface area contributed by atoms with Crippen LogP contribution in [0.2, 0.25) is 0 Å². The molecule has 0 bridgehead atoms. The third kappa shape index (κ3) is 4.97. The van der Waals surface area contributed by atoms with Gasteiger partial charge in [-0.05, 0) is 31.1 Å². The van der Waals surface area contributed by atoms with Crippen LogP contribution in [0.4, 0.5) is 0 Å². The summed E-state index contributed by atoms with van der Waals surface area (Å²) in [5.74, 6) is 0.647. The quantitative estimate of drug-likeness (QED) is 0.682. The van der Waals surface area contributed by atoms with E-state index in [9.17, 15) is 4.79 Å². The standard InChI is InChI=1S/C15H28O3/c1-12(18-11-16)9-10-17-14-8-6-5-7-13(14)15(2,3)4/h11-14H,5-10H2,1-4H3. The molecule has 106 valence electrons. The molecule has 0 N–H and O–H groups in total. The van der Waals surface area contributed by atoms with E-state index in [1.165, 1.54) is 25.7 Å². The molecule has 1 aliphatic carbocycles. The SMILES string of the molecule is CC(CCOC1CCCCC1C(C)(C)C)OC=O. The molecule has 1 aliphatic rings. The Bertz CT molecular complexity index is 245. The summed E-state index contributed by atoms with van der Waals surface area (Å²) in [5.41, 5.74) is 0.315. The molecule has 0 aromatic heterocycles. The van der Waals surface area contributed by atoms with Gasteiger partial charge < -0.3 is 9.47 Å². The van der Waals surface area contributed by atoms with E-state index < -0.39 is 0 Å². The van der Waals surface area contributed by atoms with Crippen molar-refractivity contribution in [2.24, 2.45) is 11.3 Å². The van der Waals surface area contributed by atoms with Crippen LogP contribution in [0.15, 0.2) is 0 Å². The van der Waals surface area contributed by atoms with Gasteiger partial charge in [-0.2, -0.15) is 0 Å². The zero-order chi connectivity index (χ0) is 13.6. The van der Waals surface area contributed by atoms with E-state index in [2.05, 4.69) is 20.8 Å². The van der Waals surface area contributed by atoms with Crippen LogP contribution >= 0.6 is 0 Å². The Balaban J connectivity index is 2.36. The van der Waals surface area contributed by atoms with Gasteiger partial charge >= 0.3 is 0 Å². The monoisotopic (exact) mass is 256 g/mol. The minimum absolute atomic E-state index is 0.0424. The predicted octanol–water partition coefficient (Wildman–Crippen LogP) is 3.56. The van der Waals surface area contributed by atoms with Crippen molar-refractivity contribution in [2.45, 2.75) is 72.0 Å². The summed E-state index contributed by atoms with van der Waals surface area (Å²) in [6.07, 6.45) is 6.16. The van der Waals surface area contributed by atoms with Crippen LogP contribution < -0.4 is 0 Å². The zero-order valence-corrected chi connectivity index (χ0v) is 12.3. The van der Waals surface area contributed by atoms with Crippen LogP contribution in [0, 0.1) is 11.3 Å². The van der Waals surface area contributed by atoms with Crippen molar-refractivity contribution in [3.8, 4) is 0 Å². The van der Waals surface area contributed by atoms with Gasteiger partial charge in [0.2, 0.25) is 0 Å². The molecular formula is C15H28O3. The minimum atomic E-state index is -0.0424. The zero-order valence-electron chi connectivity index (χ0n) is 12.3. The predicted molar refractivity (Wildman–Crippen MR) is 72.4 cm³/mol. The molecule has 0 spiro atoms. The maximum Gasteiger partial charge on any atom is 0.293 e. The van der Waals surface area contributed by atoms with E-state index in [0.717, 1.165) is 6.42 Å². The second-order valence-corrected chi connectivity index (χ2v) is 6.50. The summed E-state index contributed by atoms with van der Waals surface area (Å²) >= 11 is 0. The molecule has 3 heteroatoms. The third-order valence-corrected chi connectivity index (χ3v) is 3.96. The highest BCUT2D eigenvalue weighted by atomic mass is 16.5. The first kappa shape index (κ1) is 15.5. The van der Waals surface area contributed by atoms with E-state index in [1.54, 1.807) is 0 Å². The normalized spacial score (nSPS) is 26.7. The van der Waals surface area contributed by atoms with Crippen molar-refractivity contribution in [2.75, 3.05) is 6.61 Å². The Morgan fingerprint density at radius 3 is 2.56 bits per heavy atom. The van der Waals surface area contributed by atoms with E-state index in [4.69, 9.17) is 9.47 Å². The third-order valence-electron chi connectivity index (χ3n) is 3.96.